The minimum absolute atomic E-state index is 0.00234. The van der Waals surface area contributed by atoms with Gasteiger partial charge >= 0.3 is 5.97 Å². The monoisotopic (exact) mass is 248 g/mol. The molecule has 1 aromatic carbocycles. The van der Waals surface area contributed by atoms with E-state index in [9.17, 15) is 15.0 Å². The first kappa shape index (κ1) is 13.8. The maximum Gasteiger partial charge on any atom is 0.328 e. The quantitative estimate of drug-likeness (QED) is 0.565. The van der Waals surface area contributed by atoms with Crippen molar-refractivity contribution < 1.29 is 20.1 Å². The number of aromatic hydroxyl groups is 2. The first-order chi connectivity index (χ1) is 8.41. The number of allylic oxidation sites excluding steroid dienone is 2. The molecule has 4 nitrogen and oxygen atoms in total. The maximum atomic E-state index is 10.4. The van der Waals surface area contributed by atoms with Gasteiger partial charge < -0.3 is 15.3 Å². The van der Waals surface area contributed by atoms with Crippen molar-refractivity contribution in [1.29, 1.82) is 0 Å². The SMILES string of the molecule is CC(C)=CCc1c(O)ccc(C=CC(=O)O)c1O. The van der Waals surface area contributed by atoms with Crippen LogP contribution in [0.2, 0.25) is 0 Å². The van der Waals surface area contributed by atoms with Crippen LogP contribution in [-0.2, 0) is 11.2 Å². The van der Waals surface area contributed by atoms with Gasteiger partial charge in [-0.1, -0.05) is 11.6 Å². The van der Waals surface area contributed by atoms with Crippen LogP contribution >= 0.6 is 0 Å². The van der Waals surface area contributed by atoms with E-state index in [1.165, 1.54) is 18.2 Å². The molecule has 4 heteroatoms. The van der Waals surface area contributed by atoms with Gasteiger partial charge in [-0.15, -0.1) is 0 Å². The summed E-state index contributed by atoms with van der Waals surface area (Å²) in [4.78, 5) is 10.4. The highest BCUT2D eigenvalue weighted by molar-refractivity contribution is 5.86. The smallest absolute Gasteiger partial charge is 0.328 e. The second-order valence-electron chi connectivity index (χ2n) is 4.16. The Morgan fingerprint density at radius 2 is 1.94 bits per heavy atom. The number of phenolic OH excluding ortho intramolecular Hbond substituents is 2. The van der Waals surface area contributed by atoms with Gasteiger partial charge in [-0.3, -0.25) is 0 Å². The van der Waals surface area contributed by atoms with E-state index in [0.29, 0.717) is 17.5 Å². The van der Waals surface area contributed by atoms with Gasteiger partial charge in [-0.05, 0) is 38.5 Å². The highest BCUT2D eigenvalue weighted by atomic mass is 16.4. The van der Waals surface area contributed by atoms with Gasteiger partial charge in [0, 0.05) is 17.2 Å². The first-order valence-electron chi connectivity index (χ1n) is 5.50. The van der Waals surface area contributed by atoms with Gasteiger partial charge in [-0.25, -0.2) is 4.79 Å². The van der Waals surface area contributed by atoms with Gasteiger partial charge in [0.2, 0.25) is 0 Å². The largest absolute Gasteiger partial charge is 0.508 e. The summed E-state index contributed by atoms with van der Waals surface area (Å²) in [5, 5.41) is 28.2. The molecule has 0 aliphatic heterocycles. The molecule has 0 aliphatic carbocycles. The van der Waals surface area contributed by atoms with Crippen LogP contribution in [0.3, 0.4) is 0 Å². The number of carboxylic acids is 1. The molecule has 0 spiro atoms. The van der Waals surface area contributed by atoms with Crippen LogP contribution in [-0.4, -0.2) is 21.3 Å². The molecule has 0 saturated heterocycles. The van der Waals surface area contributed by atoms with Crippen molar-refractivity contribution in [2.75, 3.05) is 0 Å². The zero-order valence-electron chi connectivity index (χ0n) is 10.3. The standard InChI is InChI=1S/C14H16O4/c1-9(2)3-6-11-12(15)7-4-10(14(11)18)5-8-13(16)17/h3-5,7-8,15,18H,6H2,1-2H3,(H,16,17). The molecule has 96 valence electrons. The third kappa shape index (κ3) is 3.66. The van der Waals surface area contributed by atoms with E-state index in [2.05, 4.69) is 0 Å². The molecule has 18 heavy (non-hydrogen) atoms. The van der Waals surface area contributed by atoms with E-state index in [1.807, 2.05) is 19.9 Å². The molecular weight excluding hydrogens is 232 g/mol. The van der Waals surface area contributed by atoms with Crippen LogP contribution in [0.15, 0.2) is 29.9 Å². The number of carboxylic acid groups (broad SMARTS) is 1. The van der Waals surface area contributed by atoms with Crippen molar-refractivity contribution in [3.8, 4) is 11.5 Å². The van der Waals surface area contributed by atoms with Crippen molar-refractivity contribution in [2.24, 2.45) is 0 Å². The third-order valence-corrected chi connectivity index (χ3v) is 2.41. The Balaban J connectivity index is 3.14. The van der Waals surface area contributed by atoms with Crippen LogP contribution in [0.5, 0.6) is 11.5 Å². The average Bonchev–Trinajstić information content (AvgIpc) is 2.27. The lowest BCUT2D eigenvalue weighted by Crippen LogP contribution is -1.90. The zero-order chi connectivity index (χ0) is 13.7. The molecule has 1 aromatic rings. The topological polar surface area (TPSA) is 77.8 Å². The Morgan fingerprint density at radius 1 is 1.28 bits per heavy atom. The molecule has 0 amide bonds. The average molecular weight is 248 g/mol. The van der Waals surface area contributed by atoms with Gasteiger partial charge in [-0.2, -0.15) is 0 Å². The molecule has 0 fully saturated rings. The summed E-state index contributed by atoms with van der Waals surface area (Å²) in [5.74, 6) is -1.18. The van der Waals surface area contributed by atoms with Crippen LogP contribution in [0.4, 0.5) is 0 Å². The highest BCUT2D eigenvalue weighted by Crippen LogP contribution is 2.32. The van der Waals surface area contributed by atoms with Crippen LogP contribution in [0, 0.1) is 0 Å². The number of phenols is 2. The fraction of sp³-hybridized carbons (Fsp3) is 0.214. The summed E-state index contributed by atoms with van der Waals surface area (Å²) in [7, 11) is 0. The number of hydrogen-bond donors (Lipinski definition) is 3. The molecule has 0 heterocycles. The van der Waals surface area contributed by atoms with E-state index in [1.54, 1.807) is 0 Å². The van der Waals surface area contributed by atoms with Gasteiger partial charge in [0.1, 0.15) is 11.5 Å². The molecule has 0 atom stereocenters. The Kier molecular flexibility index (Phi) is 4.54. The van der Waals surface area contributed by atoms with Crippen molar-refractivity contribution in [2.45, 2.75) is 20.3 Å². The van der Waals surface area contributed by atoms with E-state index in [4.69, 9.17) is 5.11 Å². The number of carbonyl (C=O) groups is 1. The van der Waals surface area contributed by atoms with Crippen LogP contribution < -0.4 is 0 Å². The van der Waals surface area contributed by atoms with Crippen molar-refractivity contribution in [1.82, 2.24) is 0 Å². The molecular formula is C14H16O4. The summed E-state index contributed by atoms with van der Waals surface area (Å²) >= 11 is 0. The zero-order valence-corrected chi connectivity index (χ0v) is 10.3. The van der Waals surface area contributed by atoms with E-state index < -0.39 is 5.97 Å². The summed E-state index contributed by atoms with van der Waals surface area (Å²) in [6, 6.07) is 2.91. The minimum atomic E-state index is -1.09. The Bertz CT molecular complexity index is 509. The summed E-state index contributed by atoms with van der Waals surface area (Å²) in [5.41, 5.74) is 1.83. The van der Waals surface area contributed by atoms with Gasteiger partial charge in [0.05, 0.1) is 0 Å². The summed E-state index contributed by atoms with van der Waals surface area (Å²) < 4.78 is 0. The first-order valence-corrected chi connectivity index (χ1v) is 5.50. The fourth-order valence-corrected chi connectivity index (χ4v) is 1.45. The number of aliphatic carboxylic acids is 1. The lowest BCUT2D eigenvalue weighted by atomic mass is 10.0. The molecule has 1 rings (SSSR count). The van der Waals surface area contributed by atoms with Gasteiger partial charge in [0.25, 0.3) is 0 Å². The van der Waals surface area contributed by atoms with Crippen molar-refractivity contribution >= 4 is 12.0 Å². The summed E-state index contributed by atoms with van der Waals surface area (Å²) in [6.07, 6.45) is 4.51. The predicted octanol–water partition coefficient (Wildman–Crippen LogP) is 2.70. The molecule has 0 unspecified atom stereocenters. The Morgan fingerprint density at radius 3 is 2.50 bits per heavy atom. The second kappa shape index (κ2) is 5.91. The lowest BCUT2D eigenvalue weighted by Gasteiger charge is -2.08. The predicted molar refractivity (Wildman–Crippen MR) is 69.6 cm³/mol. The molecule has 3 N–H and O–H groups in total. The molecule has 0 aliphatic rings. The number of hydrogen-bond acceptors (Lipinski definition) is 3. The highest BCUT2D eigenvalue weighted by Gasteiger charge is 2.09. The fourth-order valence-electron chi connectivity index (χ4n) is 1.45. The van der Waals surface area contributed by atoms with Crippen LogP contribution in [0.1, 0.15) is 25.0 Å². The number of rotatable bonds is 4. The second-order valence-corrected chi connectivity index (χ2v) is 4.16. The van der Waals surface area contributed by atoms with E-state index >= 15 is 0 Å². The molecule has 0 bridgehead atoms. The normalized spacial score (nSPS) is 10.6. The molecule has 0 aromatic heterocycles. The molecule has 0 saturated carbocycles. The summed E-state index contributed by atoms with van der Waals surface area (Å²) in [6.45, 7) is 3.84. The molecule has 0 radical (unpaired) electrons. The van der Waals surface area contributed by atoms with E-state index in [-0.39, 0.29) is 11.5 Å². The lowest BCUT2D eigenvalue weighted by molar-refractivity contribution is -0.131. The maximum absolute atomic E-state index is 10.4. The van der Waals surface area contributed by atoms with Crippen LogP contribution in [0.25, 0.3) is 6.08 Å². The number of benzene rings is 1. The van der Waals surface area contributed by atoms with E-state index in [0.717, 1.165) is 11.6 Å². The van der Waals surface area contributed by atoms with Gasteiger partial charge in [0.15, 0.2) is 0 Å². The Hall–Kier alpha value is -2.23. The minimum Gasteiger partial charge on any atom is -0.508 e. The third-order valence-electron chi connectivity index (χ3n) is 2.41. The Labute approximate surface area is 106 Å². The van der Waals surface area contributed by atoms with Crippen molar-refractivity contribution in [3.63, 3.8) is 0 Å². The van der Waals surface area contributed by atoms with Crippen molar-refractivity contribution in [3.05, 3.63) is 41.0 Å².